The smallest absolute Gasteiger partial charge is 0.491 e. The maximum absolute atomic E-state index is 12.0. The SMILES string of the molecule is CCCCOCCCNC(=O)c1cnc(OC(=O)O)c(OC)c1. The number of nitrogens with zero attached hydrogens (tertiary/aromatic N) is 1. The molecule has 2 N–H and O–H groups in total. The second kappa shape index (κ2) is 10.4. The number of hydrogen-bond donors (Lipinski definition) is 2. The zero-order valence-electron chi connectivity index (χ0n) is 13.3. The van der Waals surface area contributed by atoms with E-state index >= 15 is 0 Å². The van der Waals surface area contributed by atoms with E-state index in [2.05, 4.69) is 22.0 Å². The number of hydrogen-bond acceptors (Lipinski definition) is 6. The predicted molar refractivity (Wildman–Crippen MR) is 82.1 cm³/mol. The highest BCUT2D eigenvalue weighted by Crippen LogP contribution is 2.25. The molecule has 0 aliphatic rings. The minimum absolute atomic E-state index is 0.0722. The highest BCUT2D eigenvalue weighted by molar-refractivity contribution is 5.94. The van der Waals surface area contributed by atoms with E-state index in [9.17, 15) is 9.59 Å². The molecule has 0 radical (unpaired) electrons. The number of methoxy groups -OCH3 is 1. The summed E-state index contributed by atoms with van der Waals surface area (Å²) in [6.07, 6.45) is 2.56. The third-order valence-electron chi connectivity index (χ3n) is 2.88. The van der Waals surface area contributed by atoms with Crippen molar-refractivity contribution in [3.8, 4) is 11.6 Å². The summed E-state index contributed by atoms with van der Waals surface area (Å²) in [7, 11) is 1.33. The summed E-state index contributed by atoms with van der Waals surface area (Å²) >= 11 is 0. The summed E-state index contributed by atoms with van der Waals surface area (Å²) in [6.45, 7) is 3.89. The average molecular weight is 326 g/mol. The minimum atomic E-state index is -1.50. The van der Waals surface area contributed by atoms with Crippen LogP contribution in [0.25, 0.3) is 0 Å². The minimum Gasteiger partial charge on any atom is -0.491 e. The molecule has 8 nitrogen and oxygen atoms in total. The molecule has 0 unspecified atom stereocenters. The average Bonchev–Trinajstić information content (AvgIpc) is 2.53. The Labute approximate surface area is 134 Å². The first-order valence-corrected chi connectivity index (χ1v) is 7.39. The number of ether oxygens (including phenoxy) is 3. The lowest BCUT2D eigenvalue weighted by Gasteiger charge is -2.09. The van der Waals surface area contributed by atoms with E-state index in [-0.39, 0.29) is 23.1 Å². The van der Waals surface area contributed by atoms with Crippen LogP contribution in [0.3, 0.4) is 0 Å². The van der Waals surface area contributed by atoms with E-state index in [1.54, 1.807) is 0 Å². The number of pyridine rings is 1. The van der Waals surface area contributed by atoms with Crippen LogP contribution < -0.4 is 14.8 Å². The molecule has 1 aromatic heterocycles. The molecular formula is C15H22N2O6. The molecule has 8 heteroatoms. The molecule has 0 saturated heterocycles. The number of carboxylic acid groups (broad SMARTS) is 1. The van der Waals surface area contributed by atoms with Crippen LogP contribution in [-0.2, 0) is 4.74 Å². The predicted octanol–water partition coefficient (Wildman–Crippen LogP) is 2.08. The standard InChI is InChI=1S/C15H22N2O6/c1-3-4-7-22-8-5-6-16-13(18)11-9-12(21-2)14(17-10-11)23-15(19)20/h9-10H,3-8H2,1-2H3,(H,16,18)(H,19,20). The fraction of sp³-hybridized carbons (Fsp3) is 0.533. The molecule has 23 heavy (non-hydrogen) atoms. The fourth-order valence-corrected chi connectivity index (χ4v) is 1.69. The van der Waals surface area contributed by atoms with Crippen molar-refractivity contribution in [2.24, 2.45) is 0 Å². The van der Waals surface area contributed by atoms with Crippen molar-refractivity contribution in [2.45, 2.75) is 26.2 Å². The Balaban J connectivity index is 2.45. The summed E-state index contributed by atoms with van der Waals surface area (Å²) in [4.78, 5) is 26.3. The fourth-order valence-electron chi connectivity index (χ4n) is 1.69. The third-order valence-corrected chi connectivity index (χ3v) is 2.88. The molecule has 1 amide bonds. The number of carbonyl (C=O) groups is 2. The number of rotatable bonds is 10. The van der Waals surface area contributed by atoms with E-state index in [0.717, 1.165) is 19.4 Å². The zero-order chi connectivity index (χ0) is 17.1. The molecule has 0 aromatic carbocycles. The summed E-state index contributed by atoms with van der Waals surface area (Å²) in [5.41, 5.74) is 0.256. The van der Waals surface area contributed by atoms with Gasteiger partial charge in [0.15, 0.2) is 5.75 Å². The molecule has 1 heterocycles. The van der Waals surface area contributed by atoms with Crippen LogP contribution in [0, 0.1) is 0 Å². The monoisotopic (exact) mass is 326 g/mol. The summed E-state index contributed by atoms with van der Waals surface area (Å²) in [5, 5.41) is 11.3. The summed E-state index contributed by atoms with van der Waals surface area (Å²) < 4.78 is 14.8. The van der Waals surface area contributed by atoms with Crippen LogP contribution in [0.4, 0.5) is 4.79 Å². The molecule has 0 aliphatic carbocycles. The first-order chi connectivity index (χ1) is 11.1. The Morgan fingerprint density at radius 3 is 2.70 bits per heavy atom. The normalized spacial score (nSPS) is 10.2. The van der Waals surface area contributed by atoms with Crippen LogP contribution in [0.5, 0.6) is 11.6 Å². The quantitative estimate of drug-likeness (QED) is 0.500. The van der Waals surface area contributed by atoms with E-state index in [4.69, 9.17) is 14.6 Å². The van der Waals surface area contributed by atoms with Gasteiger partial charge in [-0.3, -0.25) is 4.79 Å². The van der Waals surface area contributed by atoms with E-state index in [1.165, 1.54) is 19.4 Å². The lowest BCUT2D eigenvalue weighted by Crippen LogP contribution is -2.25. The van der Waals surface area contributed by atoms with Crippen LogP contribution in [0.2, 0.25) is 0 Å². The van der Waals surface area contributed by atoms with Gasteiger partial charge in [0, 0.05) is 32.0 Å². The third kappa shape index (κ3) is 6.96. The second-order valence-electron chi connectivity index (χ2n) is 4.67. The van der Waals surface area contributed by atoms with Gasteiger partial charge in [0.25, 0.3) is 11.8 Å². The van der Waals surface area contributed by atoms with Crippen LogP contribution in [-0.4, -0.2) is 49.0 Å². The maximum Gasteiger partial charge on any atom is 0.512 e. The lowest BCUT2D eigenvalue weighted by atomic mass is 10.2. The Bertz CT molecular complexity index is 521. The topological polar surface area (TPSA) is 107 Å². The van der Waals surface area contributed by atoms with E-state index in [1.807, 2.05) is 0 Å². The zero-order valence-corrected chi connectivity index (χ0v) is 13.3. The number of amides is 1. The highest BCUT2D eigenvalue weighted by atomic mass is 16.7. The Morgan fingerprint density at radius 1 is 1.30 bits per heavy atom. The van der Waals surface area contributed by atoms with Crippen molar-refractivity contribution in [1.82, 2.24) is 10.3 Å². The molecular weight excluding hydrogens is 304 g/mol. The van der Waals surface area contributed by atoms with Gasteiger partial charge >= 0.3 is 6.16 Å². The molecule has 0 atom stereocenters. The van der Waals surface area contributed by atoms with Gasteiger partial charge in [0.2, 0.25) is 0 Å². The number of carbonyl (C=O) groups excluding carboxylic acids is 1. The van der Waals surface area contributed by atoms with Crippen molar-refractivity contribution in [3.05, 3.63) is 17.8 Å². The molecule has 0 bridgehead atoms. The lowest BCUT2D eigenvalue weighted by molar-refractivity contribution is 0.0939. The van der Waals surface area contributed by atoms with Crippen molar-refractivity contribution < 1.29 is 28.9 Å². The highest BCUT2D eigenvalue weighted by Gasteiger charge is 2.14. The Morgan fingerprint density at radius 2 is 2.04 bits per heavy atom. The van der Waals surface area contributed by atoms with Gasteiger partial charge in [-0.2, -0.15) is 0 Å². The first-order valence-electron chi connectivity index (χ1n) is 7.39. The number of nitrogens with one attached hydrogen (secondary N) is 1. The van der Waals surface area contributed by atoms with Crippen LogP contribution in [0.1, 0.15) is 36.5 Å². The molecule has 0 aliphatic heterocycles. The first kappa shape index (κ1) is 18.7. The van der Waals surface area contributed by atoms with Gasteiger partial charge in [-0.1, -0.05) is 13.3 Å². The number of unbranched alkanes of at least 4 members (excludes halogenated alkanes) is 1. The Hall–Kier alpha value is -2.35. The van der Waals surface area contributed by atoms with Gasteiger partial charge < -0.3 is 24.6 Å². The molecule has 1 aromatic rings. The summed E-state index contributed by atoms with van der Waals surface area (Å²) in [5.74, 6) is -0.463. The van der Waals surface area contributed by atoms with Gasteiger partial charge in [0.05, 0.1) is 12.7 Å². The van der Waals surface area contributed by atoms with Crippen LogP contribution >= 0.6 is 0 Å². The van der Waals surface area contributed by atoms with Crippen molar-refractivity contribution in [3.63, 3.8) is 0 Å². The molecule has 0 fully saturated rings. The van der Waals surface area contributed by atoms with Crippen LogP contribution in [0.15, 0.2) is 12.3 Å². The van der Waals surface area contributed by atoms with Crippen molar-refractivity contribution >= 4 is 12.1 Å². The van der Waals surface area contributed by atoms with Gasteiger partial charge in [-0.15, -0.1) is 0 Å². The van der Waals surface area contributed by atoms with E-state index < -0.39 is 6.16 Å². The molecule has 128 valence electrons. The van der Waals surface area contributed by atoms with E-state index in [0.29, 0.717) is 19.6 Å². The maximum atomic E-state index is 12.0. The summed E-state index contributed by atoms with van der Waals surface area (Å²) in [6, 6.07) is 1.37. The van der Waals surface area contributed by atoms with Gasteiger partial charge in [0.1, 0.15) is 0 Å². The van der Waals surface area contributed by atoms with Crippen molar-refractivity contribution in [1.29, 1.82) is 0 Å². The molecule has 0 saturated carbocycles. The largest absolute Gasteiger partial charge is 0.512 e. The number of aromatic nitrogens is 1. The van der Waals surface area contributed by atoms with Gasteiger partial charge in [-0.05, 0) is 12.8 Å². The Kier molecular flexibility index (Phi) is 8.45. The molecule has 1 rings (SSSR count). The van der Waals surface area contributed by atoms with Gasteiger partial charge in [-0.25, -0.2) is 9.78 Å². The second-order valence-corrected chi connectivity index (χ2v) is 4.67. The van der Waals surface area contributed by atoms with Crippen molar-refractivity contribution in [2.75, 3.05) is 26.9 Å². The molecule has 0 spiro atoms.